The first kappa shape index (κ1) is 43.0. The fourth-order valence-electron chi connectivity index (χ4n) is 4.09. The van der Waals surface area contributed by atoms with E-state index in [1.54, 1.807) is 29.2 Å². The lowest BCUT2D eigenvalue weighted by Crippen LogP contribution is -2.37. The number of rotatable bonds is 32. The van der Waals surface area contributed by atoms with E-state index in [9.17, 15) is 18.3 Å². The highest BCUT2D eigenvalue weighted by Crippen LogP contribution is 2.15. The largest absolute Gasteiger partial charge is 0.392 e. The van der Waals surface area contributed by atoms with Crippen LogP contribution in [0.5, 0.6) is 0 Å². The molecule has 0 aliphatic carbocycles. The van der Waals surface area contributed by atoms with Gasteiger partial charge in [0.15, 0.2) is 9.84 Å². The van der Waals surface area contributed by atoms with Gasteiger partial charge in [0.1, 0.15) is 0 Å². The second kappa shape index (κ2) is 28.9. The van der Waals surface area contributed by atoms with Crippen LogP contribution in [0, 0.1) is 6.92 Å². The van der Waals surface area contributed by atoms with Crippen LogP contribution in [0.25, 0.3) is 20.9 Å². The summed E-state index contributed by atoms with van der Waals surface area (Å²) in [5.41, 5.74) is 17.4. The van der Waals surface area contributed by atoms with Crippen LogP contribution in [-0.2, 0) is 43.1 Å². The zero-order valence-corrected chi connectivity index (χ0v) is 28.7. The molecule has 0 aliphatic heterocycles. The van der Waals surface area contributed by atoms with Gasteiger partial charge in [0.2, 0.25) is 5.91 Å². The van der Waals surface area contributed by atoms with Gasteiger partial charge in [0, 0.05) is 42.4 Å². The maximum absolute atomic E-state index is 13.0. The van der Waals surface area contributed by atoms with Crippen molar-refractivity contribution < 1.29 is 46.7 Å². The molecule has 1 N–H and O–H groups in total. The summed E-state index contributed by atoms with van der Waals surface area (Å²) in [4.78, 5) is 20.2. The number of aryl methyl sites for hydroxylation is 1. The molecule has 1 amide bonds. The number of ether oxygens (including phenoxy) is 6. The van der Waals surface area contributed by atoms with Gasteiger partial charge in [0.25, 0.3) is 0 Å². The molecule has 1 aromatic rings. The molecule has 0 aromatic heterocycles. The first-order valence-electron chi connectivity index (χ1n) is 16.0. The van der Waals surface area contributed by atoms with Crippen LogP contribution in [0.15, 0.2) is 39.4 Å². The molecule has 48 heavy (non-hydrogen) atoms. The van der Waals surface area contributed by atoms with Gasteiger partial charge in [-0.3, -0.25) is 4.79 Å². The number of nitrogens with zero attached hydrogens (tertiary/aromatic N) is 7. The predicted molar refractivity (Wildman–Crippen MR) is 177 cm³/mol. The molecule has 0 aliphatic rings. The van der Waals surface area contributed by atoms with E-state index < -0.39 is 15.9 Å². The molecule has 0 saturated heterocycles. The van der Waals surface area contributed by atoms with E-state index in [1.165, 1.54) is 0 Å². The highest BCUT2D eigenvalue weighted by molar-refractivity contribution is 7.91. The van der Waals surface area contributed by atoms with Crippen LogP contribution in [-0.4, -0.2) is 142 Å². The zero-order chi connectivity index (χ0) is 35.1. The molecule has 17 nitrogen and oxygen atoms in total. The van der Waals surface area contributed by atoms with Crippen molar-refractivity contribution in [3.8, 4) is 0 Å². The van der Waals surface area contributed by atoms with E-state index in [0.717, 1.165) is 5.56 Å². The van der Waals surface area contributed by atoms with E-state index in [2.05, 4.69) is 20.1 Å². The maximum atomic E-state index is 13.0. The van der Waals surface area contributed by atoms with Crippen molar-refractivity contribution in [1.82, 2.24) is 4.90 Å². The molecule has 18 heteroatoms. The Labute approximate surface area is 282 Å². The average molecular weight is 702 g/mol. The lowest BCUT2D eigenvalue weighted by atomic mass is 10.1. The molecule has 1 unspecified atom stereocenters. The SMILES string of the molecule is Cc1ccc(S(=O)(=O)CC(O)CCCCC(=O)N(CCOCCOCCOCCN=[N+]=[N-])CCOCCOCCOCCN=[N+]=[N-])cc1. The number of carbonyl (C=O) groups excluding carboxylic acids is 1. The van der Waals surface area contributed by atoms with Crippen LogP contribution in [0.4, 0.5) is 0 Å². The molecule has 272 valence electrons. The van der Waals surface area contributed by atoms with Crippen molar-refractivity contribution >= 4 is 15.7 Å². The number of benzene rings is 1. The second-order valence-electron chi connectivity index (χ2n) is 10.5. The van der Waals surface area contributed by atoms with Crippen molar-refractivity contribution in [2.75, 3.05) is 111 Å². The summed E-state index contributed by atoms with van der Waals surface area (Å²) < 4.78 is 57.9. The normalized spacial score (nSPS) is 11.9. The van der Waals surface area contributed by atoms with E-state index >= 15 is 0 Å². The van der Waals surface area contributed by atoms with Crippen molar-refractivity contribution in [1.29, 1.82) is 0 Å². The summed E-state index contributed by atoms with van der Waals surface area (Å²) in [6.45, 7) is 7.29. The van der Waals surface area contributed by atoms with Gasteiger partial charge >= 0.3 is 0 Å². The quantitative estimate of drug-likeness (QED) is 0.0499. The highest BCUT2D eigenvalue weighted by Gasteiger charge is 2.20. The number of hydrogen-bond donors (Lipinski definition) is 1. The van der Waals surface area contributed by atoms with Crippen molar-refractivity contribution in [2.45, 2.75) is 43.6 Å². The number of aliphatic hydroxyl groups is 1. The van der Waals surface area contributed by atoms with E-state index in [4.69, 9.17) is 39.5 Å². The van der Waals surface area contributed by atoms with E-state index in [1.807, 2.05) is 6.92 Å². The van der Waals surface area contributed by atoms with Crippen LogP contribution in [0.1, 0.15) is 31.2 Å². The zero-order valence-electron chi connectivity index (χ0n) is 27.9. The molecule has 0 fully saturated rings. The molecule has 1 atom stereocenters. The Hall–Kier alpha value is -3.02. The molecular weight excluding hydrogens is 650 g/mol. The van der Waals surface area contributed by atoms with Crippen molar-refractivity contribution in [3.05, 3.63) is 50.7 Å². The van der Waals surface area contributed by atoms with Gasteiger partial charge in [0.05, 0.1) is 96.0 Å². The van der Waals surface area contributed by atoms with E-state index in [0.29, 0.717) is 105 Å². The van der Waals surface area contributed by atoms with Gasteiger partial charge in [-0.2, -0.15) is 0 Å². The minimum atomic E-state index is -3.61. The number of hydrogen-bond acceptors (Lipinski definition) is 12. The van der Waals surface area contributed by atoms with Crippen molar-refractivity contribution in [3.63, 3.8) is 0 Å². The number of amides is 1. The minimum absolute atomic E-state index is 0.0905. The Balaban J connectivity index is 2.36. The molecule has 0 heterocycles. The second-order valence-corrected chi connectivity index (χ2v) is 12.5. The van der Waals surface area contributed by atoms with Crippen molar-refractivity contribution in [2.24, 2.45) is 10.2 Å². The first-order chi connectivity index (χ1) is 23.3. The molecule has 1 rings (SSSR count). The minimum Gasteiger partial charge on any atom is -0.392 e. The lowest BCUT2D eigenvalue weighted by molar-refractivity contribution is -0.133. The smallest absolute Gasteiger partial charge is 0.222 e. The summed E-state index contributed by atoms with van der Waals surface area (Å²) in [6.07, 6.45) is 0.472. The van der Waals surface area contributed by atoms with Gasteiger partial charge < -0.3 is 38.4 Å². The van der Waals surface area contributed by atoms with Gasteiger partial charge in [-0.05, 0) is 43.0 Å². The molecule has 0 radical (unpaired) electrons. The first-order valence-corrected chi connectivity index (χ1v) is 17.7. The van der Waals surface area contributed by atoms with Gasteiger partial charge in [-0.25, -0.2) is 8.42 Å². The molecule has 0 bridgehead atoms. The predicted octanol–water partition coefficient (Wildman–Crippen LogP) is 3.24. The van der Waals surface area contributed by atoms with Crippen LogP contribution in [0.2, 0.25) is 0 Å². The van der Waals surface area contributed by atoms with E-state index in [-0.39, 0.29) is 42.5 Å². The number of aliphatic hydroxyl groups excluding tert-OH is 1. The third kappa shape index (κ3) is 23.3. The van der Waals surface area contributed by atoms with Crippen LogP contribution in [0.3, 0.4) is 0 Å². The highest BCUT2D eigenvalue weighted by atomic mass is 32.2. The molecular formula is C30H51N7O10S. The maximum Gasteiger partial charge on any atom is 0.222 e. The molecule has 0 spiro atoms. The summed E-state index contributed by atoms with van der Waals surface area (Å²) in [5.74, 6) is -0.458. The monoisotopic (exact) mass is 701 g/mol. The fraction of sp³-hybridized carbons (Fsp3) is 0.767. The Bertz CT molecular complexity index is 1140. The molecule has 0 saturated carbocycles. The van der Waals surface area contributed by atoms with Gasteiger partial charge in [-0.15, -0.1) is 0 Å². The average Bonchev–Trinajstić information content (AvgIpc) is 3.06. The molecule has 1 aromatic carbocycles. The number of azide groups is 2. The Kier molecular flexibility index (Phi) is 25.9. The van der Waals surface area contributed by atoms with Crippen LogP contribution >= 0.6 is 0 Å². The Morgan fingerprint density at radius 2 is 1.19 bits per heavy atom. The summed E-state index contributed by atoms with van der Waals surface area (Å²) in [7, 11) is -3.61. The summed E-state index contributed by atoms with van der Waals surface area (Å²) >= 11 is 0. The summed E-state index contributed by atoms with van der Waals surface area (Å²) in [6, 6.07) is 6.53. The summed E-state index contributed by atoms with van der Waals surface area (Å²) in [5, 5.41) is 17.1. The van der Waals surface area contributed by atoms with Gasteiger partial charge in [-0.1, -0.05) is 34.3 Å². The third-order valence-electron chi connectivity index (χ3n) is 6.62. The number of sulfone groups is 1. The Morgan fingerprint density at radius 3 is 1.65 bits per heavy atom. The standard InChI is InChI=1S/C30H51N7O10S/c1-27-6-8-29(9-7-27)48(40,41)26-28(38)4-2-3-5-30(39)37(12-16-44-20-24-46-22-18-42-14-10-33-35-31)13-17-45-21-25-47-23-19-43-15-11-34-36-32/h6-9,28,38H,2-5,10-26H2,1H3. The third-order valence-corrected chi connectivity index (χ3v) is 8.43. The number of unbranched alkanes of at least 4 members (excludes halogenated alkanes) is 1. The fourth-order valence-corrected chi connectivity index (χ4v) is 5.50. The Morgan fingerprint density at radius 1 is 0.750 bits per heavy atom. The number of carbonyl (C=O) groups is 1. The lowest BCUT2D eigenvalue weighted by Gasteiger charge is -2.23. The topological polar surface area (TPSA) is 228 Å². The van der Waals surface area contributed by atoms with Crippen LogP contribution < -0.4 is 0 Å².